The quantitative estimate of drug-likeness (QED) is 0.173. The molecule has 248 valence electrons. The molecule has 2 aromatic heterocycles. The van der Waals surface area contributed by atoms with Crippen LogP contribution in [0.5, 0.6) is 0 Å². The van der Waals surface area contributed by atoms with Crippen LogP contribution >= 0.6 is 11.3 Å². The lowest BCUT2D eigenvalue weighted by Gasteiger charge is -2.14. The number of hydrogen-bond acceptors (Lipinski definition) is 3. The summed E-state index contributed by atoms with van der Waals surface area (Å²) in [6.45, 7) is 0. The highest BCUT2D eigenvalue weighted by molar-refractivity contribution is 7.25. The largest absolute Gasteiger partial charge is 0.228 e. The maximum atomic E-state index is 5.35. The number of hydrogen-bond donors (Lipinski definition) is 0. The number of nitrogens with zero attached hydrogens (tertiary/aromatic N) is 2. The second-order valence-corrected chi connectivity index (χ2v) is 14.5. The lowest BCUT2D eigenvalue weighted by molar-refractivity contribution is 1.19. The Morgan fingerprint density at radius 1 is 0.302 bits per heavy atom. The summed E-state index contributed by atoms with van der Waals surface area (Å²) in [6, 6.07) is 69.3. The Balaban J connectivity index is 1.20. The Hall–Kier alpha value is -6.68. The van der Waals surface area contributed by atoms with Gasteiger partial charge in [-0.1, -0.05) is 152 Å². The molecule has 10 rings (SSSR count). The van der Waals surface area contributed by atoms with Crippen molar-refractivity contribution in [3.63, 3.8) is 0 Å². The van der Waals surface area contributed by atoms with Gasteiger partial charge in [-0.3, -0.25) is 0 Å². The fourth-order valence-corrected chi connectivity index (χ4v) is 8.56. The second-order valence-electron chi connectivity index (χ2n) is 13.4. The van der Waals surface area contributed by atoms with Crippen LogP contribution in [0.2, 0.25) is 0 Å². The molecule has 0 aliphatic rings. The number of rotatable bonds is 6. The first-order valence-corrected chi connectivity index (χ1v) is 18.7. The van der Waals surface area contributed by atoms with Crippen LogP contribution in [0.25, 0.3) is 98.2 Å². The normalized spacial score (nSPS) is 11.4. The van der Waals surface area contributed by atoms with Gasteiger partial charge in [0.25, 0.3) is 0 Å². The van der Waals surface area contributed by atoms with Crippen molar-refractivity contribution >= 4 is 42.3 Å². The van der Waals surface area contributed by atoms with Gasteiger partial charge in [0.1, 0.15) is 0 Å². The van der Waals surface area contributed by atoms with E-state index in [0.29, 0.717) is 5.82 Å². The third kappa shape index (κ3) is 5.87. The van der Waals surface area contributed by atoms with Gasteiger partial charge in [0.15, 0.2) is 5.82 Å². The molecule has 0 N–H and O–H groups in total. The maximum Gasteiger partial charge on any atom is 0.161 e. The van der Waals surface area contributed by atoms with E-state index in [9.17, 15) is 0 Å². The molecule has 2 heterocycles. The highest BCUT2D eigenvalue weighted by Gasteiger charge is 2.16. The number of fused-ring (bicyclic) bond motifs is 4. The van der Waals surface area contributed by atoms with Gasteiger partial charge in [-0.25, -0.2) is 9.97 Å². The van der Waals surface area contributed by atoms with Gasteiger partial charge >= 0.3 is 0 Å². The zero-order valence-electron chi connectivity index (χ0n) is 28.8. The van der Waals surface area contributed by atoms with Crippen molar-refractivity contribution in [2.45, 2.75) is 0 Å². The minimum absolute atomic E-state index is 0.711. The summed E-state index contributed by atoms with van der Waals surface area (Å²) in [4.78, 5) is 10.6. The van der Waals surface area contributed by atoms with Crippen molar-refractivity contribution in [3.05, 3.63) is 194 Å². The van der Waals surface area contributed by atoms with E-state index in [4.69, 9.17) is 9.97 Å². The Bertz CT molecular complexity index is 2940. The summed E-state index contributed by atoms with van der Waals surface area (Å²) in [7, 11) is 0. The van der Waals surface area contributed by atoms with E-state index >= 15 is 0 Å². The van der Waals surface area contributed by atoms with Crippen molar-refractivity contribution in [1.29, 1.82) is 0 Å². The smallest absolute Gasteiger partial charge is 0.161 e. The zero-order chi connectivity index (χ0) is 35.1. The van der Waals surface area contributed by atoms with Gasteiger partial charge in [-0.15, -0.1) is 11.3 Å². The molecule has 0 radical (unpaired) electrons. The third-order valence-electron chi connectivity index (χ3n) is 10.1. The van der Waals surface area contributed by atoms with E-state index in [0.717, 1.165) is 50.2 Å². The molecule has 0 bridgehead atoms. The molecule has 8 aromatic carbocycles. The van der Waals surface area contributed by atoms with E-state index in [2.05, 4.69) is 188 Å². The standard InChI is InChI=1S/C50H32N2S/c1-3-13-33(14-4-1)36-19-11-20-37(27-36)39-28-40(38-25-26-44-43-22-9-10-24-48(43)53-49(44)31-38)30-41(29-39)47-32-46(35-16-5-2-6-17-35)51-50(52-47)45-23-12-18-34-15-7-8-21-42(34)45/h1-32H. The van der Waals surface area contributed by atoms with Crippen LogP contribution in [-0.2, 0) is 0 Å². The van der Waals surface area contributed by atoms with Gasteiger partial charge in [-0.2, -0.15) is 0 Å². The molecular weight excluding hydrogens is 661 g/mol. The molecule has 0 spiro atoms. The molecule has 0 amide bonds. The molecule has 0 fully saturated rings. The molecule has 0 saturated carbocycles. The van der Waals surface area contributed by atoms with E-state index in [-0.39, 0.29) is 0 Å². The molecule has 0 aliphatic carbocycles. The van der Waals surface area contributed by atoms with Crippen LogP contribution in [0.4, 0.5) is 0 Å². The Morgan fingerprint density at radius 3 is 1.62 bits per heavy atom. The van der Waals surface area contributed by atoms with Gasteiger partial charge in [0.2, 0.25) is 0 Å². The topological polar surface area (TPSA) is 25.8 Å². The molecule has 0 unspecified atom stereocenters. The van der Waals surface area contributed by atoms with E-state index in [1.165, 1.54) is 42.2 Å². The minimum atomic E-state index is 0.711. The fourth-order valence-electron chi connectivity index (χ4n) is 7.42. The highest BCUT2D eigenvalue weighted by atomic mass is 32.1. The van der Waals surface area contributed by atoms with Crippen molar-refractivity contribution < 1.29 is 0 Å². The van der Waals surface area contributed by atoms with Gasteiger partial charge in [0.05, 0.1) is 11.4 Å². The molecule has 53 heavy (non-hydrogen) atoms. The average molecular weight is 693 g/mol. The SMILES string of the molecule is c1ccc(-c2cccc(-c3cc(-c4ccc5c(c4)sc4ccccc45)cc(-c4cc(-c5ccccc5)nc(-c5cccc6ccccc56)n4)c3)c2)cc1. The molecular formula is C50H32N2S. The first-order valence-electron chi connectivity index (χ1n) is 17.9. The van der Waals surface area contributed by atoms with Crippen molar-refractivity contribution in [2.75, 3.05) is 0 Å². The van der Waals surface area contributed by atoms with Crippen molar-refractivity contribution in [3.8, 4) is 67.3 Å². The van der Waals surface area contributed by atoms with E-state index in [1.54, 1.807) is 0 Å². The Kier molecular flexibility index (Phi) is 7.71. The predicted molar refractivity (Wildman–Crippen MR) is 225 cm³/mol. The van der Waals surface area contributed by atoms with Gasteiger partial charge < -0.3 is 0 Å². The van der Waals surface area contributed by atoms with E-state index < -0.39 is 0 Å². The van der Waals surface area contributed by atoms with Crippen LogP contribution in [0.15, 0.2) is 194 Å². The van der Waals surface area contributed by atoms with E-state index in [1.807, 2.05) is 17.4 Å². The monoisotopic (exact) mass is 692 g/mol. The van der Waals surface area contributed by atoms with Gasteiger partial charge in [-0.05, 0) is 86.6 Å². The third-order valence-corrected chi connectivity index (χ3v) is 11.2. The summed E-state index contributed by atoms with van der Waals surface area (Å²) in [6.07, 6.45) is 0. The Labute approximate surface area is 312 Å². The lowest BCUT2D eigenvalue weighted by Crippen LogP contribution is -1.97. The molecule has 3 heteroatoms. The average Bonchev–Trinajstić information content (AvgIpc) is 3.62. The number of thiophene rings is 1. The van der Waals surface area contributed by atoms with Crippen LogP contribution in [0.3, 0.4) is 0 Å². The van der Waals surface area contributed by atoms with Crippen LogP contribution in [-0.4, -0.2) is 9.97 Å². The molecule has 2 nitrogen and oxygen atoms in total. The molecule has 10 aromatic rings. The van der Waals surface area contributed by atoms with Gasteiger partial charge in [0, 0.05) is 36.9 Å². The molecule has 0 atom stereocenters. The molecule has 0 saturated heterocycles. The second kappa shape index (κ2) is 13.1. The summed E-state index contributed by atoms with van der Waals surface area (Å²) in [5, 5.41) is 4.90. The number of benzene rings is 8. The Morgan fingerprint density at radius 2 is 0.830 bits per heavy atom. The molecule has 0 aliphatic heterocycles. The van der Waals surface area contributed by atoms with Crippen LogP contribution in [0, 0.1) is 0 Å². The maximum absolute atomic E-state index is 5.35. The summed E-state index contributed by atoms with van der Waals surface area (Å²) >= 11 is 1.85. The lowest BCUT2D eigenvalue weighted by atomic mass is 9.92. The highest BCUT2D eigenvalue weighted by Crippen LogP contribution is 2.40. The summed E-state index contributed by atoms with van der Waals surface area (Å²) in [5.41, 5.74) is 11.9. The predicted octanol–water partition coefficient (Wildman–Crippen LogP) is 14.0. The van der Waals surface area contributed by atoms with Crippen LogP contribution in [0.1, 0.15) is 0 Å². The van der Waals surface area contributed by atoms with Crippen LogP contribution < -0.4 is 0 Å². The first kappa shape index (κ1) is 31.1. The first-order chi connectivity index (χ1) is 26.2. The minimum Gasteiger partial charge on any atom is -0.228 e. The van der Waals surface area contributed by atoms with Crippen molar-refractivity contribution in [2.24, 2.45) is 0 Å². The summed E-state index contributed by atoms with van der Waals surface area (Å²) in [5.74, 6) is 0.711. The summed E-state index contributed by atoms with van der Waals surface area (Å²) < 4.78 is 2.59. The zero-order valence-corrected chi connectivity index (χ0v) is 29.6. The number of aromatic nitrogens is 2. The van der Waals surface area contributed by atoms with Crippen molar-refractivity contribution in [1.82, 2.24) is 9.97 Å². The fraction of sp³-hybridized carbons (Fsp3) is 0.